The molecule has 0 radical (unpaired) electrons. The molecule has 2 aromatic rings. The second-order valence-electron chi connectivity index (χ2n) is 7.53. The van der Waals surface area contributed by atoms with Gasteiger partial charge in [0.05, 0.1) is 5.92 Å². The Kier molecular flexibility index (Phi) is 4.62. The average Bonchev–Trinajstić information content (AvgIpc) is 2.97. The van der Waals surface area contributed by atoms with E-state index in [0.29, 0.717) is 6.54 Å². The van der Waals surface area contributed by atoms with Gasteiger partial charge < -0.3 is 10.2 Å². The van der Waals surface area contributed by atoms with Gasteiger partial charge in [-0.25, -0.2) is 0 Å². The number of carbonyl (C=O) groups is 2. The fraction of sp³-hybridized carbons (Fsp3) is 0.333. The van der Waals surface area contributed by atoms with Crippen LogP contribution in [0.3, 0.4) is 0 Å². The third-order valence-electron chi connectivity index (χ3n) is 4.56. The molecule has 2 amide bonds. The van der Waals surface area contributed by atoms with Gasteiger partial charge in [-0.3, -0.25) is 9.59 Å². The first-order chi connectivity index (χ1) is 11.9. The molecule has 0 bridgehead atoms. The number of amides is 2. The summed E-state index contributed by atoms with van der Waals surface area (Å²) in [5.41, 5.74) is 2.70. The van der Waals surface area contributed by atoms with Crippen LogP contribution in [0.4, 0.5) is 11.4 Å². The highest BCUT2D eigenvalue weighted by Crippen LogP contribution is 2.31. The van der Waals surface area contributed by atoms with Crippen molar-refractivity contribution in [2.45, 2.75) is 32.6 Å². The van der Waals surface area contributed by atoms with E-state index in [0.717, 1.165) is 16.9 Å². The maximum absolute atomic E-state index is 12.7. The summed E-state index contributed by atoms with van der Waals surface area (Å²) in [6.07, 6.45) is 0.248. The lowest BCUT2D eigenvalue weighted by molar-refractivity contribution is -0.122. The van der Waals surface area contributed by atoms with Crippen molar-refractivity contribution in [1.82, 2.24) is 0 Å². The molecular weight excluding hydrogens is 312 g/mol. The van der Waals surface area contributed by atoms with Crippen LogP contribution in [-0.2, 0) is 15.0 Å². The summed E-state index contributed by atoms with van der Waals surface area (Å²) in [6.45, 7) is 6.78. The molecule has 0 aliphatic carbocycles. The van der Waals surface area contributed by atoms with Crippen LogP contribution in [0.25, 0.3) is 0 Å². The number of hydrogen-bond donors (Lipinski definition) is 1. The Bertz CT molecular complexity index is 778. The third-order valence-corrected chi connectivity index (χ3v) is 4.56. The lowest BCUT2D eigenvalue weighted by Gasteiger charge is -2.23. The fourth-order valence-corrected chi connectivity index (χ4v) is 3.22. The summed E-state index contributed by atoms with van der Waals surface area (Å²) in [5, 5.41) is 3.03. The molecule has 25 heavy (non-hydrogen) atoms. The number of anilines is 2. The molecule has 0 saturated carbocycles. The molecule has 1 saturated heterocycles. The number of rotatable bonds is 3. The molecule has 1 fully saturated rings. The van der Waals surface area contributed by atoms with Crippen molar-refractivity contribution < 1.29 is 9.59 Å². The van der Waals surface area contributed by atoms with E-state index < -0.39 is 0 Å². The summed E-state index contributed by atoms with van der Waals surface area (Å²) >= 11 is 0. The van der Waals surface area contributed by atoms with Crippen molar-refractivity contribution in [2.75, 3.05) is 16.8 Å². The highest BCUT2D eigenvalue weighted by molar-refractivity contribution is 6.03. The zero-order valence-electron chi connectivity index (χ0n) is 15.0. The van der Waals surface area contributed by atoms with Crippen LogP contribution < -0.4 is 10.2 Å². The Morgan fingerprint density at radius 1 is 1.04 bits per heavy atom. The van der Waals surface area contributed by atoms with Crippen molar-refractivity contribution in [2.24, 2.45) is 5.92 Å². The molecular formula is C21H24N2O2. The molecule has 0 spiro atoms. The minimum Gasteiger partial charge on any atom is -0.326 e. The first-order valence-electron chi connectivity index (χ1n) is 8.62. The highest BCUT2D eigenvalue weighted by atomic mass is 16.2. The van der Waals surface area contributed by atoms with Crippen LogP contribution in [-0.4, -0.2) is 18.4 Å². The van der Waals surface area contributed by atoms with Gasteiger partial charge in [-0.05, 0) is 29.2 Å². The summed E-state index contributed by atoms with van der Waals surface area (Å²) in [5.74, 6) is -0.431. The molecule has 0 aromatic heterocycles. The van der Waals surface area contributed by atoms with Crippen molar-refractivity contribution in [3.05, 3.63) is 60.2 Å². The highest BCUT2D eigenvalue weighted by Gasteiger charge is 2.35. The smallest absolute Gasteiger partial charge is 0.229 e. The summed E-state index contributed by atoms with van der Waals surface area (Å²) in [7, 11) is 0. The monoisotopic (exact) mass is 336 g/mol. The molecule has 4 nitrogen and oxygen atoms in total. The van der Waals surface area contributed by atoms with E-state index in [9.17, 15) is 9.59 Å². The second kappa shape index (κ2) is 6.71. The van der Waals surface area contributed by atoms with E-state index in [2.05, 4.69) is 26.1 Å². The van der Waals surface area contributed by atoms with Crippen LogP contribution in [0.2, 0.25) is 0 Å². The SMILES string of the molecule is CC(C)(C)c1ccccc1NC(=O)[C@@H]1CC(=O)N(c2ccccc2)C1. The summed E-state index contributed by atoms with van der Waals surface area (Å²) in [4.78, 5) is 26.7. The van der Waals surface area contributed by atoms with E-state index in [-0.39, 0.29) is 29.6 Å². The zero-order chi connectivity index (χ0) is 18.0. The van der Waals surface area contributed by atoms with Gasteiger partial charge in [0, 0.05) is 24.3 Å². The van der Waals surface area contributed by atoms with Crippen molar-refractivity contribution >= 4 is 23.2 Å². The normalized spacial score (nSPS) is 17.6. The van der Waals surface area contributed by atoms with Gasteiger partial charge in [-0.2, -0.15) is 0 Å². The number of benzene rings is 2. The Morgan fingerprint density at radius 2 is 1.68 bits per heavy atom. The van der Waals surface area contributed by atoms with Crippen molar-refractivity contribution in [3.8, 4) is 0 Å². The van der Waals surface area contributed by atoms with Gasteiger partial charge in [0.1, 0.15) is 0 Å². The largest absolute Gasteiger partial charge is 0.326 e. The first-order valence-corrected chi connectivity index (χ1v) is 8.62. The predicted molar refractivity (Wildman–Crippen MR) is 101 cm³/mol. The number of nitrogens with zero attached hydrogens (tertiary/aromatic N) is 1. The number of hydrogen-bond acceptors (Lipinski definition) is 2. The van der Waals surface area contributed by atoms with E-state index >= 15 is 0 Å². The van der Waals surface area contributed by atoms with Crippen LogP contribution >= 0.6 is 0 Å². The maximum Gasteiger partial charge on any atom is 0.229 e. The molecule has 0 unspecified atom stereocenters. The van der Waals surface area contributed by atoms with E-state index in [1.807, 2.05) is 54.6 Å². The maximum atomic E-state index is 12.7. The Hall–Kier alpha value is -2.62. The van der Waals surface area contributed by atoms with Crippen LogP contribution in [0.15, 0.2) is 54.6 Å². The van der Waals surface area contributed by atoms with Gasteiger partial charge in [-0.1, -0.05) is 57.2 Å². The van der Waals surface area contributed by atoms with Crippen LogP contribution in [0, 0.1) is 5.92 Å². The van der Waals surface area contributed by atoms with E-state index in [1.54, 1.807) is 4.90 Å². The molecule has 4 heteroatoms. The third kappa shape index (κ3) is 3.73. The summed E-state index contributed by atoms with van der Waals surface area (Å²) in [6, 6.07) is 17.4. The quantitative estimate of drug-likeness (QED) is 0.922. The second-order valence-corrected chi connectivity index (χ2v) is 7.53. The Balaban J connectivity index is 1.75. The number of nitrogens with one attached hydrogen (secondary N) is 1. The zero-order valence-corrected chi connectivity index (χ0v) is 15.0. The predicted octanol–water partition coefficient (Wildman–Crippen LogP) is 3.98. The van der Waals surface area contributed by atoms with Gasteiger partial charge in [-0.15, -0.1) is 0 Å². The topological polar surface area (TPSA) is 49.4 Å². The Labute approximate surface area is 148 Å². The minimum atomic E-state index is -0.333. The average molecular weight is 336 g/mol. The van der Waals surface area contributed by atoms with E-state index in [4.69, 9.17) is 0 Å². The lowest BCUT2D eigenvalue weighted by atomic mass is 9.85. The summed E-state index contributed by atoms with van der Waals surface area (Å²) < 4.78 is 0. The lowest BCUT2D eigenvalue weighted by Crippen LogP contribution is -2.28. The molecule has 2 aromatic carbocycles. The van der Waals surface area contributed by atoms with Crippen molar-refractivity contribution in [1.29, 1.82) is 0 Å². The molecule has 1 aliphatic heterocycles. The molecule has 1 aliphatic rings. The first kappa shape index (κ1) is 17.2. The van der Waals surface area contributed by atoms with Crippen molar-refractivity contribution in [3.63, 3.8) is 0 Å². The molecule has 3 rings (SSSR count). The number of para-hydroxylation sites is 2. The molecule has 1 heterocycles. The van der Waals surface area contributed by atoms with Gasteiger partial charge in [0.2, 0.25) is 11.8 Å². The van der Waals surface area contributed by atoms with E-state index in [1.165, 1.54) is 0 Å². The minimum absolute atomic E-state index is 0.00421. The van der Waals surface area contributed by atoms with Gasteiger partial charge in [0.25, 0.3) is 0 Å². The number of carbonyl (C=O) groups excluding carboxylic acids is 2. The molecule has 1 N–H and O–H groups in total. The standard InChI is InChI=1S/C21H24N2O2/c1-21(2,3)17-11-7-8-12-18(17)22-20(25)15-13-19(24)23(14-15)16-9-5-4-6-10-16/h4-12,15H,13-14H2,1-3H3,(H,22,25)/t15-/m1/s1. The fourth-order valence-electron chi connectivity index (χ4n) is 3.22. The van der Waals surface area contributed by atoms with Gasteiger partial charge >= 0.3 is 0 Å². The van der Waals surface area contributed by atoms with Crippen LogP contribution in [0.5, 0.6) is 0 Å². The Morgan fingerprint density at radius 3 is 2.36 bits per heavy atom. The molecule has 130 valence electrons. The van der Waals surface area contributed by atoms with Crippen LogP contribution in [0.1, 0.15) is 32.8 Å². The molecule has 1 atom stereocenters. The van der Waals surface area contributed by atoms with Gasteiger partial charge in [0.15, 0.2) is 0 Å².